The van der Waals surface area contributed by atoms with Gasteiger partial charge in [0.1, 0.15) is 5.75 Å². The minimum Gasteiger partial charge on any atom is -0.493 e. The summed E-state index contributed by atoms with van der Waals surface area (Å²) in [7, 11) is -1.78. The number of benzene rings is 1. The van der Waals surface area contributed by atoms with Crippen molar-refractivity contribution in [3.05, 3.63) is 29.8 Å². The van der Waals surface area contributed by atoms with Crippen molar-refractivity contribution in [3.8, 4) is 5.75 Å². The smallest absolute Gasteiger partial charge is 0.209 e. The van der Waals surface area contributed by atoms with Crippen molar-refractivity contribution in [2.75, 3.05) is 26.1 Å². The Morgan fingerprint density at radius 3 is 2.43 bits per heavy atom. The first kappa shape index (κ1) is 17.9. The van der Waals surface area contributed by atoms with Crippen LogP contribution in [0.1, 0.15) is 25.3 Å². The minimum absolute atomic E-state index is 0.0350. The molecule has 0 saturated heterocycles. The average molecular weight is 315 g/mol. The highest BCUT2D eigenvalue weighted by molar-refractivity contribution is 7.89. The van der Waals surface area contributed by atoms with E-state index >= 15 is 0 Å². The molecule has 21 heavy (non-hydrogen) atoms. The molecule has 0 aromatic heterocycles. The SMILES string of the molecule is CCCC(COc1ccc(CCOC)cc1)CS(N)(=O)=O. The number of primary sulfonamides is 1. The van der Waals surface area contributed by atoms with Crippen LogP contribution in [0.2, 0.25) is 0 Å². The third-order valence-electron chi connectivity index (χ3n) is 3.17. The normalized spacial score (nSPS) is 13.1. The van der Waals surface area contributed by atoms with Crippen LogP contribution >= 0.6 is 0 Å². The lowest BCUT2D eigenvalue weighted by Gasteiger charge is -2.16. The zero-order valence-electron chi connectivity index (χ0n) is 12.7. The zero-order chi connectivity index (χ0) is 15.7. The van der Waals surface area contributed by atoms with Gasteiger partial charge in [-0.1, -0.05) is 25.5 Å². The molecule has 0 fully saturated rings. The molecular formula is C15H25NO4S. The molecule has 1 aromatic carbocycles. The molecule has 0 radical (unpaired) electrons. The van der Waals surface area contributed by atoms with Crippen LogP contribution < -0.4 is 9.88 Å². The average Bonchev–Trinajstić information content (AvgIpc) is 2.42. The molecule has 1 unspecified atom stereocenters. The van der Waals surface area contributed by atoms with E-state index < -0.39 is 10.0 Å². The second kappa shape index (κ2) is 9.02. The standard InChI is InChI=1S/C15H25NO4S/c1-3-4-14(12-21(16,17)18)11-20-15-7-5-13(6-8-15)9-10-19-2/h5-8,14H,3-4,9-12H2,1-2H3,(H2,16,17,18). The first-order chi connectivity index (χ1) is 9.94. The highest BCUT2D eigenvalue weighted by Gasteiger charge is 2.16. The number of nitrogens with two attached hydrogens (primary N) is 1. The van der Waals surface area contributed by atoms with Gasteiger partial charge in [-0.3, -0.25) is 0 Å². The lowest BCUT2D eigenvalue weighted by atomic mass is 10.1. The second-order valence-corrected chi connectivity index (χ2v) is 6.84. The molecule has 0 bridgehead atoms. The van der Waals surface area contributed by atoms with Crippen LogP contribution in [0.15, 0.2) is 24.3 Å². The Hall–Kier alpha value is -1.11. The van der Waals surface area contributed by atoms with E-state index in [9.17, 15) is 8.42 Å². The number of hydrogen-bond donors (Lipinski definition) is 1. The number of hydrogen-bond acceptors (Lipinski definition) is 4. The topological polar surface area (TPSA) is 78.6 Å². The molecule has 0 spiro atoms. The van der Waals surface area contributed by atoms with Crippen molar-refractivity contribution >= 4 is 10.0 Å². The van der Waals surface area contributed by atoms with E-state index in [0.717, 1.165) is 25.0 Å². The zero-order valence-corrected chi connectivity index (χ0v) is 13.6. The predicted molar refractivity (Wildman–Crippen MR) is 83.9 cm³/mol. The molecule has 0 amide bonds. The van der Waals surface area contributed by atoms with E-state index in [1.807, 2.05) is 31.2 Å². The Kier molecular flexibility index (Phi) is 7.71. The van der Waals surface area contributed by atoms with E-state index in [2.05, 4.69) is 0 Å². The maximum absolute atomic E-state index is 11.2. The summed E-state index contributed by atoms with van der Waals surface area (Å²) in [5.41, 5.74) is 1.18. The van der Waals surface area contributed by atoms with Crippen molar-refractivity contribution in [3.63, 3.8) is 0 Å². The Labute approximate surface area is 127 Å². The molecule has 0 aliphatic rings. The van der Waals surface area contributed by atoms with E-state index in [0.29, 0.717) is 13.2 Å². The Balaban J connectivity index is 2.51. The summed E-state index contributed by atoms with van der Waals surface area (Å²) in [6, 6.07) is 7.77. The summed E-state index contributed by atoms with van der Waals surface area (Å²) in [5, 5.41) is 5.11. The molecule has 5 nitrogen and oxygen atoms in total. The van der Waals surface area contributed by atoms with Gasteiger partial charge in [-0.15, -0.1) is 0 Å². The number of ether oxygens (including phenoxy) is 2. The molecule has 6 heteroatoms. The Bertz CT molecular complexity index is 499. The van der Waals surface area contributed by atoms with E-state index in [4.69, 9.17) is 14.6 Å². The van der Waals surface area contributed by atoms with Gasteiger partial charge >= 0.3 is 0 Å². The second-order valence-electron chi connectivity index (χ2n) is 5.18. The largest absolute Gasteiger partial charge is 0.493 e. The van der Waals surface area contributed by atoms with Crippen LogP contribution in [-0.2, 0) is 21.2 Å². The predicted octanol–water partition coefficient (Wildman–Crippen LogP) is 1.96. The molecule has 0 aliphatic heterocycles. The van der Waals surface area contributed by atoms with Crippen LogP contribution in [0.5, 0.6) is 5.75 Å². The van der Waals surface area contributed by atoms with Crippen LogP contribution in [0, 0.1) is 5.92 Å². The molecule has 2 N–H and O–H groups in total. The van der Waals surface area contributed by atoms with Gasteiger partial charge in [-0.25, -0.2) is 13.6 Å². The molecular weight excluding hydrogens is 290 g/mol. The van der Waals surface area contributed by atoms with Crippen molar-refractivity contribution in [2.45, 2.75) is 26.2 Å². The maximum atomic E-state index is 11.2. The van der Waals surface area contributed by atoms with Crippen molar-refractivity contribution in [2.24, 2.45) is 11.1 Å². The number of sulfonamides is 1. The van der Waals surface area contributed by atoms with Gasteiger partial charge in [0, 0.05) is 13.0 Å². The van der Waals surface area contributed by atoms with Crippen LogP contribution in [0.25, 0.3) is 0 Å². The molecule has 1 aromatic rings. The van der Waals surface area contributed by atoms with Crippen LogP contribution in [0.4, 0.5) is 0 Å². The summed E-state index contributed by atoms with van der Waals surface area (Å²) in [4.78, 5) is 0. The van der Waals surface area contributed by atoms with Crippen LogP contribution in [-0.4, -0.2) is 34.5 Å². The lowest BCUT2D eigenvalue weighted by molar-refractivity contribution is 0.202. The third-order valence-corrected chi connectivity index (χ3v) is 4.10. The molecule has 1 rings (SSSR count). The molecule has 0 saturated carbocycles. The van der Waals surface area contributed by atoms with Crippen molar-refractivity contribution in [1.82, 2.24) is 0 Å². The Morgan fingerprint density at radius 2 is 1.90 bits per heavy atom. The van der Waals surface area contributed by atoms with Gasteiger partial charge in [0.15, 0.2) is 0 Å². The lowest BCUT2D eigenvalue weighted by Crippen LogP contribution is -2.26. The first-order valence-electron chi connectivity index (χ1n) is 7.15. The summed E-state index contributed by atoms with van der Waals surface area (Å²) >= 11 is 0. The fourth-order valence-corrected chi connectivity index (χ4v) is 3.06. The summed E-state index contributed by atoms with van der Waals surface area (Å²) < 4.78 is 33.1. The third kappa shape index (κ3) is 8.04. The van der Waals surface area contributed by atoms with Gasteiger partial charge in [-0.05, 0) is 30.5 Å². The number of rotatable bonds is 10. The molecule has 0 heterocycles. The first-order valence-corrected chi connectivity index (χ1v) is 8.87. The van der Waals surface area contributed by atoms with E-state index in [-0.39, 0.29) is 11.7 Å². The molecule has 1 atom stereocenters. The monoisotopic (exact) mass is 315 g/mol. The maximum Gasteiger partial charge on any atom is 0.209 e. The summed E-state index contributed by atoms with van der Waals surface area (Å²) in [6.45, 7) is 3.07. The van der Waals surface area contributed by atoms with E-state index in [1.54, 1.807) is 7.11 Å². The number of methoxy groups -OCH3 is 1. The highest BCUT2D eigenvalue weighted by Crippen LogP contribution is 2.16. The van der Waals surface area contributed by atoms with Crippen molar-refractivity contribution < 1.29 is 17.9 Å². The Morgan fingerprint density at radius 1 is 1.24 bits per heavy atom. The van der Waals surface area contributed by atoms with Gasteiger partial charge < -0.3 is 9.47 Å². The van der Waals surface area contributed by atoms with Crippen LogP contribution in [0.3, 0.4) is 0 Å². The highest BCUT2D eigenvalue weighted by atomic mass is 32.2. The van der Waals surface area contributed by atoms with Gasteiger partial charge in [-0.2, -0.15) is 0 Å². The summed E-state index contributed by atoms with van der Waals surface area (Å²) in [6.07, 6.45) is 2.54. The van der Waals surface area contributed by atoms with Gasteiger partial charge in [0.25, 0.3) is 0 Å². The fourth-order valence-electron chi connectivity index (χ4n) is 2.14. The minimum atomic E-state index is -3.46. The summed E-state index contributed by atoms with van der Waals surface area (Å²) in [5.74, 6) is 0.636. The quantitative estimate of drug-likeness (QED) is 0.716. The van der Waals surface area contributed by atoms with Crippen molar-refractivity contribution in [1.29, 1.82) is 0 Å². The van der Waals surface area contributed by atoms with Gasteiger partial charge in [0.05, 0.1) is 19.0 Å². The van der Waals surface area contributed by atoms with Gasteiger partial charge in [0.2, 0.25) is 10.0 Å². The molecule has 120 valence electrons. The fraction of sp³-hybridized carbons (Fsp3) is 0.600. The van der Waals surface area contributed by atoms with E-state index in [1.165, 1.54) is 5.56 Å². The molecule has 0 aliphatic carbocycles.